The quantitative estimate of drug-likeness (QED) is 0.402. The van der Waals surface area contributed by atoms with Gasteiger partial charge in [0, 0.05) is 4.91 Å². The van der Waals surface area contributed by atoms with Crippen LogP contribution in [0.2, 0.25) is 0 Å². The minimum atomic E-state index is -0.697. The van der Waals surface area contributed by atoms with Crippen molar-refractivity contribution < 1.29 is 18.9 Å². The number of azide groups is 1. The molecule has 0 aromatic rings. The van der Waals surface area contributed by atoms with Crippen molar-refractivity contribution in [3.63, 3.8) is 0 Å². The van der Waals surface area contributed by atoms with E-state index in [0.29, 0.717) is 11.2 Å². The van der Waals surface area contributed by atoms with E-state index in [0.717, 1.165) is 6.42 Å². The molecule has 9 heteroatoms. The molecule has 0 N–H and O–H groups in total. The maximum atomic E-state index is 9.08. The maximum absolute atomic E-state index is 9.08. The lowest BCUT2D eigenvalue weighted by molar-refractivity contribution is -0.158. The largest absolute Gasteiger partial charge is 0.348 e. The predicted molar refractivity (Wildman–Crippen MR) is 99.6 cm³/mol. The molecular formula is C16H27N3O4S2. The summed E-state index contributed by atoms with van der Waals surface area (Å²) in [6, 6.07) is -0.475. The second-order valence-electron chi connectivity index (χ2n) is 7.46. The zero-order valence-corrected chi connectivity index (χ0v) is 16.8. The molecule has 0 saturated carbocycles. The third kappa shape index (κ3) is 4.97. The van der Waals surface area contributed by atoms with E-state index in [1.165, 1.54) is 17.9 Å². The van der Waals surface area contributed by atoms with E-state index >= 15 is 0 Å². The van der Waals surface area contributed by atoms with Crippen LogP contribution in [0.25, 0.3) is 10.4 Å². The Kier molecular flexibility index (Phi) is 6.15. The second-order valence-corrected chi connectivity index (χ2v) is 10.4. The third-order valence-electron chi connectivity index (χ3n) is 4.48. The van der Waals surface area contributed by atoms with E-state index < -0.39 is 17.6 Å². The van der Waals surface area contributed by atoms with Gasteiger partial charge >= 0.3 is 0 Å². The molecule has 0 spiro atoms. The fourth-order valence-corrected chi connectivity index (χ4v) is 6.44. The number of thioether (sulfide) groups is 2. The molecule has 0 radical (unpaired) electrons. The van der Waals surface area contributed by atoms with Crippen molar-refractivity contribution in [2.75, 3.05) is 18.1 Å². The van der Waals surface area contributed by atoms with E-state index in [4.69, 9.17) is 24.5 Å². The maximum Gasteiger partial charge on any atom is 0.163 e. The van der Waals surface area contributed by atoms with Crippen LogP contribution in [0.1, 0.15) is 40.5 Å². The van der Waals surface area contributed by atoms with Crippen molar-refractivity contribution in [1.29, 1.82) is 0 Å². The number of rotatable bonds is 5. The van der Waals surface area contributed by atoms with E-state index in [9.17, 15) is 0 Å². The molecule has 25 heavy (non-hydrogen) atoms. The van der Waals surface area contributed by atoms with E-state index in [1.54, 1.807) is 0 Å². The topological polar surface area (TPSA) is 85.7 Å². The van der Waals surface area contributed by atoms with Gasteiger partial charge in [-0.15, -0.1) is 23.5 Å². The molecule has 0 aromatic heterocycles. The van der Waals surface area contributed by atoms with Gasteiger partial charge in [0.2, 0.25) is 0 Å². The molecule has 3 heterocycles. The molecule has 4 atom stereocenters. The van der Waals surface area contributed by atoms with Crippen LogP contribution in [0.15, 0.2) is 5.11 Å². The third-order valence-corrected chi connectivity index (χ3v) is 7.47. The zero-order valence-electron chi connectivity index (χ0n) is 15.2. The molecule has 0 aromatic carbocycles. The van der Waals surface area contributed by atoms with Crippen LogP contribution in [0.5, 0.6) is 0 Å². The first kappa shape index (κ1) is 19.6. The van der Waals surface area contributed by atoms with E-state index in [1.807, 2.05) is 51.2 Å². The lowest BCUT2D eigenvalue weighted by Gasteiger charge is -2.30. The van der Waals surface area contributed by atoms with Crippen LogP contribution in [0.4, 0.5) is 0 Å². The van der Waals surface area contributed by atoms with Gasteiger partial charge in [-0.1, -0.05) is 5.11 Å². The van der Waals surface area contributed by atoms with Gasteiger partial charge < -0.3 is 18.9 Å². The van der Waals surface area contributed by atoms with Crippen molar-refractivity contribution in [2.45, 2.75) is 81.0 Å². The second kappa shape index (κ2) is 7.84. The van der Waals surface area contributed by atoms with Crippen LogP contribution >= 0.6 is 23.5 Å². The van der Waals surface area contributed by atoms with Gasteiger partial charge in [-0.25, -0.2) is 0 Å². The lowest BCUT2D eigenvalue weighted by atomic mass is 9.99. The summed E-state index contributed by atoms with van der Waals surface area (Å²) >= 11 is 3.95. The molecule has 0 aliphatic carbocycles. The summed E-state index contributed by atoms with van der Waals surface area (Å²) in [4.78, 5) is 3.05. The summed E-state index contributed by atoms with van der Waals surface area (Å²) in [5, 5.41) is 4.02. The molecule has 3 aliphatic rings. The fraction of sp³-hybridized carbons (Fsp3) is 1.00. The molecular weight excluding hydrogens is 362 g/mol. The standard InChI is InChI=1S/C16H27N3O4S2/c1-15(2)20-9-11(22-15)13(18-19-17)14-10(21-16(3,4)23-14)8-12-24-6-5-7-25-12/h10-14H,5-9H2,1-4H3/t10-,11+,13-,14+/m0/s1. The highest BCUT2D eigenvalue weighted by Gasteiger charge is 2.50. The summed E-state index contributed by atoms with van der Waals surface area (Å²) in [6.45, 7) is 7.93. The molecule has 3 aliphatic heterocycles. The fourth-order valence-electron chi connectivity index (χ4n) is 3.49. The highest BCUT2D eigenvalue weighted by Crippen LogP contribution is 2.41. The van der Waals surface area contributed by atoms with Gasteiger partial charge in [0.1, 0.15) is 0 Å². The van der Waals surface area contributed by atoms with Crippen LogP contribution < -0.4 is 0 Å². The first-order valence-electron chi connectivity index (χ1n) is 8.74. The Morgan fingerprint density at radius 2 is 1.84 bits per heavy atom. The summed E-state index contributed by atoms with van der Waals surface area (Å²) in [5.41, 5.74) is 9.08. The first-order valence-corrected chi connectivity index (χ1v) is 10.8. The molecule has 3 fully saturated rings. The Morgan fingerprint density at radius 1 is 1.12 bits per heavy atom. The zero-order chi connectivity index (χ0) is 18.1. The molecule has 3 rings (SSSR count). The Labute approximate surface area is 157 Å². The molecule has 3 saturated heterocycles. The average molecular weight is 390 g/mol. The molecule has 142 valence electrons. The normalized spacial score (nSPS) is 36.1. The smallest absolute Gasteiger partial charge is 0.163 e. The molecule has 0 bridgehead atoms. The summed E-state index contributed by atoms with van der Waals surface area (Å²) in [5.74, 6) is 1.00. The SMILES string of the molecule is CC1(C)O[C@@H]([C@@H](N=[N+]=[N-])[C@H]2COC(C)(C)O2)[C@H](CC2SCCCS2)O1. The monoisotopic (exact) mass is 389 g/mol. The number of hydrogen-bond acceptors (Lipinski definition) is 7. The van der Waals surface area contributed by atoms with Crippen LogP contribution in [0, 0.1) is 0 Å². The molecule has 7 nitrogen and oxygen atoms in total. The number of nitrogens with zero attached hydrogens (tertiary/aromatic N) is 3. The van der Waals surface area contributed by atoms with Crippen LogP contribution in [-0.2, 0) is 18.9 Å². The Hall–Kier alpha value is -0.150. The summed E-state index contributed by atoms with van der Waals surface area (Å²) < 4.78 is 24.4. The number of hydrogen-bond donors (Lipinski definition) is 0. The minimum Gasteiger partial charge on any atom is -0.348 e. The van der Waals surface area contributed by atoms with Gasteiger partial charge in [-0.05, 0) is 57.6 Å². The van der Waals surface area contributed by atoms with E-state index in [-0.39, 0.29) is 18.3 Å². The summed E-state index contributed by atoms with van der Waals surface area (Å²) in [7, 11) is 0. The van der Waals surface area contributed by atoms with Crippen molar-refractivity contribution in [1.82, 2.24) is 0 Å². The Balaban J connectivity index is 1.75. The Morgan fingerprint density at radius 3 is 2.44 bits per heavy atom. The lowest BCUT2D eigenvalue weighted by Crippen LogP contribution is -2.44. The number of ether oxygens (including phenoxy) is 4. The van der Waals surface area contributed by atoms with Crippen LogP contribution in [0.3, 0.4) is 0 Å². The van der Waals surface area contributed by atoms with E-state index in [2.05, 4.69) is 10.0 Å². The Bertz CT molecular complexity index is 522. The first-order chi connectivity index (χ1) is 11.8. The van der Waals surface area contributed by atoms with Crippen molar-refractivity contribution in [3.8, 4) is 0 Å². The van der Waals surface area contributed by atoms with Crippen molar-refractivity contribution in [3.05, 3.63) is 10.4 Å². The highest BCUT2D eigenvalue weighted by molar-refractivity contribution is 8.17. The average Bonchev–Trinajstić information content (AvgIpc) is 3.04. The van der Waals surface area contributed by atoms with Crippen molar-refractivity contribution in [2.24, 2.45) is 5.11 Å². The van der Waals surface area contributed by atoms with Gasteiger partial charge in [0.15, 0.2) is 11.6 Å². The van der Waals surface area contributed by atoms with Crippen LogP contribution in [-0.4, -0.2) is 58.6 Å². The van der Waals surface area contributed by atoms with Gasteiger partial charge in [0.25, 0.3) is 0 Å². The molecule has 0 amide bonds. The van der Waals surface area contributed by atoms with Gasteiger partial charge in [-0.2, -0.15) is 0 Å². The highest BCUT2D eigenvalue weighted by atomic mass is 32.2. The summed E-state index contributed by atoms with van der Waals surface area (Å²) in [6.07, 6.45) is 1.34. The molecule has 0 unspecified atom stereocenters. The van der Waals surface area contributed by atoms with Gasteiger partial charge in [-0.3, -0.25) is 0 Å². The van der Waals surface area contributed by atoms with Gasteiger partial charge in [0.05, 0.1) is 35.5 Å². The van der Waals surface area contributed by atoms with Crippen molar-refractivity contribution >= 4 is 23.5 Å². The minimum absolute atomic E-state index is 0.124. The predicted octanol–water partition coefficient (Wildman–Crippen LogP) is 3.92.